The van der Waals surface area contributed by atoms with Crippen molar-refractivity contribution < 1.29 is 9.53 Å². The van der Waals surface area contributed by atoms with Gasteiger partial charge in [0.15, 0.2) is 0 Å². The third-order valence-electron chi connectivity index (χ3n) is 2.80. The van der Waals surface area contributed by atoms with Gasteiger partial charge < -0.3 is 9.30 Å². The highest BCUT2D eigenvalue weighted by atomic mass is 16.5. The first-order valence-electron chi connectivity index (χ1n) is 5.50. The van der Waals surface area contributed by atoms with E-state index in [1.807, 2.05) is 20.8 Å². The van der Waals surface area contributed by atoms with E-state index in [9.17, 15) is 4.79 Å². The standard InChI is InChI=1S/C12H17NO2/c1-4-15-12(14)11-8(2)7-9(3)13(11)10-5-6-10/h7,10H,4-6H2,1-3H3. The number of ether oxygens (including phenoxy) is 1. The average Bonchev–Trinajstić information content (AvgIpc) is 2.93. The van der Waals surface area contributed by atoms with Crippen LogP contribution in [0, 0.1) is 13.8 Å². The quantitative estimate of drug-likeness (QED) is 0.713. The molecule has 0 unspecified atom stereocenters. The van der Waals surface area contributed by atoms with E-state index in [4.69, 9.17) is 4.74 Å². The Morgan fingerprint density at radius 3 is 2.73 bits per heavy atom. The van der Waals surface area contributed by atoms with Crippen LogP contribution in [0.25, 0.3) is 0 Å². The van der Waals surface area contributed by atoms with E-state index in [0.717, 1.165) is 17.0 Å². The van der Waals surface area contributed by atoms with E-state index in [-0.39, 0.29) is 5.97 Å². The topological polar surface area (TPSA) is 31.2 Å². The zero-order chi connectivity index (χ0) is 11.0. The van der Waals surface area contributed by atoms with Crippen LogP contribution in [0.2, 0.25) is 0 Å². The molecule has 0 bridgehead atoms. The molecule has 3 nitrogen and oxygen atoms in total. The Morgan fingerprint density at radius 2 is 2.20 bits per heavy atom. The van der Waals surface area contributed by atoms with Gasteiger partial charge in [0.2, 0.25) is 0 Å². The van der Waals surface area contributed by atoms with E-state index >= 15 is 0 Å². The summed E-state index contributed by atoms with van der Waals surface area (Å²) in [4.78, 5) is 11.8. The number of hydrogen-bond donors (Lipinski definition) is 0. The monoisotopic (exact) mass is 207 g/mol. The molecule has 1 aromatic heterocycles. The largest absolute Gasteiger partial charge is 0.461 e. The number of aryl methyl sites for hydroxylation is 2. The molecule has 1 heterocycles. The van der Waals surface area contributed by atoms with E-state index < -0.39 is 0 Å². The molecule has 0 atom stereocenters. The van der Waals surface area contributed by atoms with Gasteiger partial charge in [-0.2, -0.15) is 0 Å². The summed E-state index contributed by atoms with van der Waals surface area (Å²) in [6.45, 7) is 6.30. The maximum absolute atomic E-state index is 11.8. The van der Waals surface area contributed by atoms with Gasteiger partial charge in [-0.25, -0.2) is 4.79 Å². The van der Waals surface area contributed by atoms with Crippen molar-refractivity contribution in [3.8, 4) is 0 Å². The maximum atomic E-state index is 11.8. The van der Waals surface area contributed by atoms with Crippen LogP contribution in [0.15, 0.2) is 6.07 Å². The summed E-state index contributed by atoms with van der Waals surface area (Å²) < 4.78 is 7.21. The molecule has 1 aliphatic carbocycles. The van der Waals surface area contributed by atoms with Gasteiger partial charge >= 0.3 is 5.97 Å². The van der Waals surface area contributed by atoms with Crippen molar-refractivity contribution in [2.24, 2.45) is 0 Å². The highest BCUT2D eigenvalue weighted by Crippen LogP contribution is 2.38. The summed E-state index contributed by atoms with van der Waals surface area (Å²) >= 11 is 0. The van der Waals surface area contributed by atoms with Gasteiger partial charge in [0.05, 0.1) is 6.61 Å². The van der Waals surface area contributed by atoms with Crippen LogP contribution in [0.1, 0.15) is 47.6 Å². The Hall–Kier alpha value is -1.25. The van der Waals surface area contributed by atoms with Crippen molar-refractivity contribution in [1.82, 2.24) is 4.57 Å². The highest BCUT2D eigenvalue weighted by molar-refractivity contribution is 5.89. The molecule has 1 fully saturated rings. The Balaban J connectivity index is 2.39. The van der Waals surface area contributed by atoms with Gasteiger partial charge in [0, 0.05) is 11.7 Å². The van der Waals surface area contributed by atoms with E-state index in [1.54, 1.807) is 0 Å². The van der Waals surface area contributed by atoms with Crippen LogP contribution < -0.4 is 0 Å². The van der Waals surface area contributed by atoms with Crippen LogP contribution in [-0.4, -0.2) is 17.1 Å². The lowest BCUT2D eigenvalue weighted by Crippen LogP contribution is -2.13. The Morgan fingerprint density at radius 1 is 1.53 bits per heavy atom. The van der Waals surface area contributed by atoms with Crippen molar-refractivity contribution in [2.45, 2.75) is 39.7 Å². The van der Waals surface area contributed by atoms with Gasteiger partial charge in [-0.3, -0.25) is 0 Å². The lowest BCUT2D eigenvalue weighted by atomic mass is 10.2. The maximum Gasteiger partial charge on any atom is 0.355 e. The molecule has 0 spiro atoms. The second kappa shape index (κ2) is 3.72. The second-order valence-corrected chi connectivity index (χ2v) is 4.14. The van der Waals surface area contributed by atoms with E-state index in [1.165, 1.54) is 12.8 Å². The Labute approximate surface area is 90.0 Å². The third kappa shape index (κ3) is 1.78. The SMILES string of the molecule is CCOC(=O)c1c(C)cc(C)n1C1CC1. The molecule has 0 aromatic carbocycles. The minimum Gasteiger partial charge on any atom is -0.461 e. The van der Waals surface area contributed by atoms with Gasteiger partial charge in [-0.15, -0.1) is 0 Å². The van der Waals surface area contributed by atoms with Crippen LogP contribution in [0.4, 0.5) is 0 Å². The van der Waals surface area contributed by atoms with Crippen molar-refractivity contribution in [1.29, 1.82) is 0 Å². The fourth-order valence-corrected chi connectivity index (χ4v) is 2.08. The summed E-state index contributed by atoms with van der Waals surface area (Å²) in [6.07, 6.45) is 2.36. The summed E-state index contributed by atoms with van der Waals surface area (Å²) in [5.74, 6) is -0.185. The molecule has 3 heteroatoms. The number of rotatable bonds is 3. The molecule has 0 radical (unpaired) electrons. The van der Waals surface area contributed by atoms with Crippen LogP contribution in [0.3, 0.4) is 0 Å². The molecule has 1 aromatic rings. The molecular weight excluding hydrogens is 190 g/mol. The number of esters is 1. The smallest absolute Gasteiger partial charge is 0.355 e. The molecule has 82 valence electrons. The number of nitrogens with zero attached hydrogens (tertiary/aromatic N) is 1. The summed E-state index contributed by atoms with van der Waals surface area (Å²) in [7, 11) is 0. The predicted molar refractivity (Wildman–Crippen MR) is 58.1 cm³/mol. The lowest BCUT2D eigenvalue weighted by Gasteiger charge is -2.10. The van der Waals surface area contributed by atoms with Crippen molar-refractivity contribution >= 4 is 5.97 Å². The van der Waals surface area contributed by atoms with Crippen LogP contribution >= 0.6 is 0 Å². The summed E-state index contributed by atoms with van der Waals surface area (Å²) in [6, 6.07) is 2.59. The van der Waals surface area contributed by atoms with Gasteiger partial charge in [0.1, 0.15) is 5.69 Å². The Bertz CT molecular complexity index is 389. The molecule has 1 aliphatic rings. The number of aromatic nitrogens is 1. The predicted octanol–water partition coefficient (Wildman–Crippen LogP) is 2.62. The Kier molecular flexibility index (Phi) is 2.55. The molecule has 2 rings (SSSR count). The second-order valence-electron chi connectivity index (χ2n) is 4.14. The van der Waals surface area contributed by atoms with Crippen molar-refractivity contribution in [3.63, 3.8) is 0 Å². The zero-order valence-electron chi connectivity index (χ0n) is 9.54. The van der Waals surface area contributed by atoms with Crippen molar-refractivity contribution in [2.75, 3.05) is 6.61 Å². The number of carbonyl (C=O) groups excluding carboxylic acids is 1. The average molecular weight is 207 g/mol. The first-order valence-corrected chi connectivity index (χ1v) is 5.50. The molecule has 15 heavy (non-hydrogen) atoms. The van der Waals surface area contributed by atoms with Crippen molar-refractivity contribution in [3.05, 3.63) is 23.0 Å². The van der Waals surface area contributed by atoms with E-state index in [2.05, 4.69) is 10.6 Å². The normalized spacial score (nSPS) is 15.4. The molecule has 1 saturated carbocycles. The van der Waals surface area contributed by atoms with Gasteiger partial charge in [0.25, 0.3) is 0 Å². The first-order chi connectivity index (χ1) is 7.15. The summed E-state index contributed by atoms with van der Waals surface area (Å²) in [5.41, 5.74) is 2.94. The summed E-state index contributed by atoms with van der Waals surface area (Å²) in [5, 5.41) is 0. The molecule has 0 N–H and O–H groups in total. The third-order valence-corrected chi connectivity index (χ3v) is 2.80. The van der Waals surface area contributed by atoms with Gasteiger partial charge in [-0.05, 0) is 45.2 Å². The molecule has 0 amide bonds. The molecular formula is C12H17NO2. The zero-order valence-corrected chi connectivity index (χ0v) is 9.54. The fraction of sp³-hybridized carbons (Fsp3) is 0.583. The van der Waals surface area contributed by atoms with Crippen LogP contribution in [0.5, 0.6) is 0 Å². The lowest BCUT2D eigenvalue weighted by molar-refractivity contribution is 0.0512. The van der Waals surface area contributed by atoms with Crippen LogP contribution in [-0.2, 0) is 4.74 Å². The number of carbonyl (C=O) groups is 1. The van der Waals surface area contributed by atoms with E-state index in [0.29, 0.717) is 12.6 Å². The fourth-order valence-electron chi connectivity index (χ4n) is 2.08. The minimum atomic E-state index is -0.185. The number of hydrogen-bond acceptors (Lipinski definition) is 2. The molecule has 0 aliphatic heterocycles. The van der Waals surface area contributed by atoms with Gasteiger partial charge in [-0.1, -0.05) is 0 Å². The molecule has 0 saturated heterocycles. The first kappa shape index (κ1) is 10.3. The highest BCUT2D eigenvalue weighted by Gasteiger charge is 2.30. The minimum absolute atomic E-state index is 0.185.